The SMILES string of the molecule is CCN(CC)Cc1nc2cc(OC)c(OC)cc2c(-c2ccc(OC)c(OC)c2)c1Cl. The highest BCUT2D eigenvalue weighted by atomic mass is 35.5. The normalized spacial score (nSPS) is 11.1. The maximum absolute atomic E-state index is 6.99. The summed E-state index contributed by atoms with van der Waals surface area (Å²) in [5.74, 6) is 2.53. The molecule has 1 aromatic heterocycles. The standard InChI is InChI=1S/C24H29ClN2O4/c1-7-27(8-2)14-18-24(25)23(15-9-10-19(28-3)20(11-15)29-4)16-12-21(30-5)22(31-6)13-17(16)26-18/h9-13H,7-8,14H2,1-6H3. The molecule has 166 valence electrons. The summed E-state index contributed by atoms with van der Waals surface area (Å²) in [5, 5.41) is 1.48. The number of benzene rings is 2. The molecule has 0 spiro atoms. The second-order valence-electron chi connectivity index (χ2n) is 7.00. The van der Waals surface area contributed by atoms with Crippen molar-refractivity contribution in [2.24, 2.45) is 0 Å². The Labute approximate surface area is 188 Å². The molecule has 0 unspecified atom stereocenters. The van der Waals surface area contributed by atoms with Gasteiger partial charge >= 0.3 is 0 Å². The van der Waals surface area contributed by atoms with Gasteiger partial charge in [-0.05, 0) is 36.9 Å². The van der Waals surface area contributed by atoms with Crippen molar-refractivity contribution in [3.63, 3.8) is 0 Å². The maximum Gasteiger partial charge on any atom is 0.162 e. The molecule has 0 saturated heterocycles. The lowest BCUT2D eigenvalue weighted by molar-refractivity contribution is 0.292. The van der Waals surface area contributed by atoms with Gasteiger partial charge in [0.15, 0.2) is 23.0 Å². The van der Waals surface area contributed by atoms with Gasteiger partial charge in [-0.15, -0.1) is 0 Å². The van der Waals surface area contributed by atoms with Gasteiger partial charge in [0.05, 0.1) is 44.7 Å². The van der Waals surface area contributed by atoms with E-state index in [2.05, 4.69) is 18.7 Å². The van der Waals surface area contributed by atoms with E-state index in [1.807, 2.05) is 30.3 Å². The van der Waals surface area contributed by atoms with E-state index in [1.54, 1.807) is 28.4 Å². The highest BCUT2D eigenvalue weighted by Crippen LogP contribution is 2.43. The Morgan fingerprint density at radius 1 is 0.806 bits per heavy atom. The minimum atomic E-state index is 0.610. The minimum Gasteiger partial charge on any atom is -0.493 e. The third-order valence-electron chi connectivity index (χ3n) is 5.44. The first kappa shape index (κ1) is 23.0. The molecule has 0 saturated carbocycles. The number of halogens is 1. The quantitative estimate of drug-likeness (QED) is 0.438. The van der Waals surface area contributed by atoms with Gasteiger partial charge in [0.25, 0.3) is 0 Å². The van der Waals surface area contributed by atoms with Crippen molar-refractivity contribution < 1.29 is 18.9 Å². The fraction of sp³-hybridized carbons (Fsp3) is 0.375. The molecule has 6 nitrogen and oxygen atoms in total. The fourth-order valence-electron chi connectivity index (χ4n) is 3.66. The van der Waals surface area contributed by atoms with E-state index in [0.29, 0.717) is 34.6 Å². The summed E-state index contributed by atoms with van der Waals surface area (Å²) in [6.07, 6.45) is 0. The molecule has 31 heavy (non-hydrogen) atoms. The van der Waals surface area contributed by atoms with Gasteiger partial charge in [-0.3, -0.25) is 4.90 Å². The number of methoxy groups -OCH3 is 4. The zero-order chi connectivity index (χ0) is 22.5. The van der Waals surface area contributed by atoms with Crippen molar-refractivity contribution in [2.45, 2.75) is 20.4 Å². The Balaban J connectivity index is 2.34. The van der Waals surface area contributed by atoms with Crippen molar-refractivity contribution in [1.29, 1.82) is 0 Å². The third-order valence-corrected chi connectivity index (χ3v) is 5.85. The second kappa shape index (κ2) is 10.1. The Morgan fingerprint density at radius 2 is 1.39 bits per heavy atom. The molecule has 3 rings (SSSR count). The van der Waals surface area contributed by atoms with Crippen molar-refractivity contribution in [3.8, 4) is 34.1 Å². The van der Waals surface area contributed by atoms with Crippen molar-refractivity contribution >= 4 is 22.5 Å². The van der Waals surface area contributed by atoms with E-state index in [1.165, 1.54) is 0 Å². The monoisotopic (exact) mass is 444 g/mol. The van der Waals surface area contributed by atoms with Crippen molar-refractivity contribution in [3.05, 3.63) is 41.0 Å². The molecule has 0 bridgehead atoms. The molecule has 3 aromatic rings. The van der Waals surface area contributed by atoms with Crippen LogP contribution in [0.2, 0.25) is 5.02 Å². The third kappa shape index (κ3) is 4.50. The lowest BCUT2D eigenvalue weighted by Gasteiger charge is -2.21. The first-order chi connectivity index (χ1) is 15.0. The summed E-state index contributed by atoms with van der Waals surface area (Å²) in [5.41, 5.74) is 3.38. The second-order valence-corrected chi connectivity index (χ2v) is 7.38. The molecule has 1 heterocycles. The molecule has 0 aliphatic carbocycles. The first-order valence-electron chi connectivity index (χ1n) is 10.2. The van der Waals surface area contributed by atoms with Gasteiger partial charge < -0.3 is 18.9 Å². The largest absolute Gasteiger partial charge is 0.493 e. The Morgan fingerprint density at radius 3 is 1.97 bits per heavy atom. The van der Waals surface area contributed by atoms with Crippen LogP contribution in [0.5, 0.6) is 23.0 Å². The number of nitrogens with zero attached hydrogens (tertiary/aromatic N) is 2. The Bertz CT molecular complexity index is 1070. The molecule has 0 radical (unpaired) electrons. The molecule has 0 N–H and O–H groups in total. The number of pyridine rings is 1. The summed E-state index contributed by atoms with van der Waals surface area (Å²) in [6.45, 7) is 6.72. The zero-order valence-electron chi connectivity index (χ0n) is 18.9. The predicted molar refractivity (Wildman–Crippen MR) is 125 cm³/mol. The maximum atomic E-state index is 6.99. The van der Waals surface area contributed by atoms with E-state index >= 15 is 0 Å². The van der Waals surface area contributed by atoms with Crippen LogP contribution in [0.15, 0.2) is 30.3 Å². The van der Waals surface area contributed by atoms with Crippen LogP contribution in [-0.4, -0.2) is 51.4 Å². The number of fused-ring (bicyclic) bond motifs is 1. The summed E-state index contributed by atoms with van der Waals surface area (Å²) >= 11 is 6.99. The molecule has 0 aliphatic rings. The fourth-order valence-corrected chi connectivity index (χ4v) is 3.97. The molecule has 0 aliphatic heterocycles. The Hall–Kier alpha value is -2.70. The topological polar surface area (TPSA) is 53.1 Å². The van der Waals surface area contributed by atoms with Crippen LogP contribution < -0.4 is 18.9 Å². The van der Waals surface area contributed by atoms with Crippen LogP contribution >= 0.6 is 11.6 Å². The van der Waals surface area contributed by atoms with Crippen LogP contribution in [0.25, 0.3) is 22.0 Å². The summed E-state index contributed by atoms with van der Waals surface area (Å²) in [4.78, 5) is 7.17. The van der Waals surface area contributed by atoms with E-state index in [4.69, 9.17) is 35.5 Å². The minimum absolute atomic E-state index is 0.610. The summed E-state index contributed by atoms with van der Waals surface area (Å²) in [7, 11) is 6.47. The number of ether oxygens (including phenoxy) is 4. The number of rotatable bonds is 9. The van der Waals surface area contributed by atoms with E-state index in [9.17, 15) is 0 Å². The molecular formula is C24H29ClN2O4. The van der Waals surface area contributed by atoms with Crippen LogP contribution in [0, 0.1) is 0 Å². The molecule has 0 atom stereocenters. The highest BCUT2D eigenvalue weighted by molar-refractivity contribution is 6.35. The summed E-state index contributed by atoms with van der Waals surface area (Å²) in [6, 6.07) is 9.58. The van der Waals surface area contributed by atoms with Gasteiger partial charge in [0.1, 0.15) is 0 Å². The first-order valence-corrected chi connectivity index (χ1v) is 10.6. The van der Waals surface area contributed by atoms with Crippen molar-refractivity contribution in [1.82, 2.24) is 9.88 Å². The molecule has 0 fully saturated rings. The number of hydrogen-bond acceptors (Lipinski definition) is 6. The van der Waals surface area contributed by atoms with Gasteiger partial charge in [-0.2, -0.15) is 0 Å². The number of aromatic nitrogens is 1. The lowest BCUT2D eigenvalue weighted by Crippen LogP contribution is -2.23. The molecule has 2 aromatic carbocycles. The van der Waals surface area contributed by atoms with Gasteiger partial charge in [0, 0.05) is 23.6 Å². The van der Waals surface area contributed by atoms with E-state index in [0.717, 1.165) is 40.8 Å². The molecular weight excluding hydrogens is 416 g/mol. The Kier molecular flexibility index (Phi) is 7.46. The van der Waals surface area contributed by atoms with Gasteiger partial charge in [-0.1, -0.05) is 31.5 Å². The van der Waals surface area contributed by atoms with Crippen molar-refractivity contribution in [2.75, 3.05) is 41.5 Å². The van der Waals surface area contributed by atoms with E-state index in [-0.39, 0.29) is 0 Å². The molecule has 0 amide bonds. The number of hydrogen-bond donors (Lipinski definition) is 0. The smallest absolute Gasteiger partial charge is 0.162 e. The van der Waals surface area contributed by atoms with E-state index < -0.39 is 0 Å². The van der Waals surface area contributed by atoms with Crippen LogP contribution in [0.1, 0.15) is 19.5 Å². The average molecular weight is 445 g/mol. The van der Waals surface area contributed by atoms with Gasteiger partial charge in [0.2, 0.25) is 0 Å². The lowest BCUT2D eigenvalue weighted by atomic mass is 9.98. The zero-order valence-corrected chi connectivity index (χ0v) is 19.7. The van der Waals surface area contributed by atoms with Gasteiger partial charge in [-0.25, -0.2) is 4.98 Å². The predicted octanol–water partition coefficient (Wildman–Crippen LogP) is 5.43. The van der Waals surface area contributed by atoms with Crippen LogP contribution in [0.3, 0.4) is 0 Å². The molecule has 7 heteroatoms. The average Bonchev–Trinajstić information content (AvgIpc) is 2.81. The van der Waals surface area contributed by atoms with Crippen LogP contribution in [0.4, 0.5) is 0 Å². The van der Waals surface area contributed by atoms with Crippen LogP contribution in [-0.2, 0) is 6.54 Å². The highest BCUT2D eigenvalue weighted by Gasteiger charge is 2.20. The summed E-state index contributed by atoms with van der Waals surface area (Å²) < 4.78 is 22.0.